The van der Waals surface area contributed by atoms with E-state index in [1.54, 1.807) is 24.5 Å². The van der Waals surface area contributed by atoms with Crippen molar-refractivity contribution in [3.05, 3.63) is 42.0 Å². The molecule has 7 nitrogen and oxygen atoms in total. The molecule has 2 aromatic rings. The Kier molecular flexibility index (Phi) is 5.23. The van der Waals surface area contributed by atoms with Crippen LogP contribution in [0.4, 0.5) is 11.6 Å². The summed E-state index contributed by atoms with van der Waals surface area (Å²) in [4.78, 5) is 27.6. The van der Waals surface area contributed by atoms with Crippen molar-refractivity contribution < 1.29 is 4.79 Å². The Balaban J connectivity index is 1.79. The molecule has 3 rings (SSSR count). The highest BCUT2D eigenvalue weighted by Crippen LogP contribution is 2.18. The van der Waals surface area contributed by atoms with Gasteiger partial charge in [-0.05, 0) is 24.5 Å². The zero-order valence-corrected chi connectivity index (χ0v) is 14.6. The fraction of sp³-hybridized carbons (Fsp3) is 0.444. The van der Waals surface area contributed by atoms with Crippen LogP contribution in [0.1, 0.15) is 36.3 Å². The van der Waals surface area contributed by atoms with Gasteiger partial charge in [0.05, 0.1) is 18.0 Å². The van der Waals surface area contributed by atoms with Gasteiger partial charge in [-0.1, -0.05) is 13.8 Å². The fourth-order valence-electron chi connectivity index (χ4n) is 3.13. The molecule has 1 saturated heterocycles. The van der Waals surface area contributed by atoms with E-state index in [1.807, 2.05) is 0 Å². The fourth-order valence-corrected chi connectivity index (χ4v) is 3.13. The number of rotatable bonds is 5. The number of nitrogens with zero attached hydrogens (tertiary/aromatic N) is 4. The predicted octanol–water partition coefficient (Wildman–Crippen LogP) is 1.51. The van der Waals surface area contributed by atoms with E-state index in [4.69, 9.17) is 5.73 Å². The van der Waals surface area contributed by atoms with E-state index >= 15 is 0 Å². The van der Waals surface area contributed by atoms with E-state index in [2.05, 4.69) is 39.0 Å². The Morgan fingerprint density at radius 2 is 2.28 bits per heavy atom. The summed E-state index contributed by atoms with van der Waals surface area (Å²) in [7, 11) is 0. The zero-order valence-electron chi connectivity index (χ0n) is 14.6. The number of piperazine rings is 1. The molecule has 3 heterocycles. The summed E-state index contributed by atoms with van der Waals surface area (Å²) in [6.07, 6.45) is 5.85. The number of carbonyl (C=O) groups excluding carboxylic acids is 1. The molecule has 0 aromatic carbocycles. The molecular weight excluding hydrogens is 316 g/mol. The molecule has 0 saturated carbocycles. The Bertz CT molecular complexity index is 748. The molecule has 0 bridgehead atoms. The van der Waals surface area contributed by atoms with Crippen molar-refractivity contribution in [1.82, 2.24) is 20.3 Å². The monoisotopic (exact) mass is 340 g/mol. The Morgan fingerprint density at radius 1 is 1.44 bits per heavy atom. The molecule has 7 heteroatoms. The number of hydrogen-bond acceptors (Lipinski definition) is 7. The molecule has 3 N–H and O–H groups in total. The number of nitrogens with one attached hydrogen (secondary N) is 1. The summed E-state index contributed by atoms with van der Waals surface area (Å²) in [6.45, 7) is 7.04. The van der Waals surface area contributed by atoms with Crippen LogP contribution < -0.4 is 16.0 Å². The number of aromatic nitrogens is 3. The van der Waals surface area contributed by atoms with Crippen molar-refractivity contribution in [2.75, 3.05) is 30.3 Å². The molecule has 2 aromatic heterocycles. The number of nitrogens with two attached hydrogens (primary N) is 1. The van der Waals surface area contributed by atoms with Gasteiger partial charge in [-0.2, -0.15) is 0 Å². The van der Waals surface area contributed by atoms with E-state index in [1.165, 1.54) is 6.20 Å². The molecule has 1 aliphatic heterocycles. The first-order valence-electron chi connectivity index (χ1n) is 8.60. The van der Waals surface area contributed by atoms with Gasteiger partial charge in [0.1, 0.15) is 17.3 Å². The summed E-state index contributed by atoms with van der Waals surface area (Å²) in [5.74, 6) is 1.31. The molecule has 0 unspecified atom stereocenters. The number of anilines is 2. The van der Waals surface area contributed by atoms with E-state index in [-0.39, 0.29) is 17.3 Å². The first kappa shape index (κ1) is 17.3. The first-order valence-corrected chi connectivity index (χ1v) is 8.60. The molecule has 0 radical (unpaired) electrons. The van der Waals surface area contributed by atoms with E-state index in [9.17, 15) is 4.79 Å². The second kappa shape index (κ2) is 7.57. The molecule has 25 heavy (non-hydrogen) atoms. The van der Waals surface area contributed by atoms with Gasteiger partial charge in [0, 0.05) is 31.9 Å². The number of ketones is 1. The normalized spacial score (nSPS) is 17.7. The Morgan fingerprint density at radius 3 is 3.04 bits per heavy atom. The van der Waals surface area contributed by atoms with Crippen LogP contribution in [-0.4, -0.2) is 46.4 Å². The largest absolute Gasteiger partial charge is 0.383 e. The second-order valence-corrected chi connectivity index (χ2v) is 6.75. The number of pyridine rings is 1. The lowest BCUT2D eigenvalue weighted by Crippen LogP contribution is -2.51. The highest BCUT2D eigenvalue weighted by Gasteiger charge is 2.22. The van der Waals surface area contributed by atoms with Crippen LogP contribution in [0.3, 0.4) is 0 Å². The highest BCUT2D eigenvalue weighted by molar-refractivity contribution is 6.10. The Hall–Kier alpha value is -2.54. The molecule has 0 spiro atoms. The topological polar surface area (TPSA) is 97.0 Å². The maximum atomic E-state index is 12.7. The van der Waals surface area contributed by atoms with Gasteiger partial charge in [0.2, 0.25) is 5.78 Å². The van der Waals surface area contributed by atoms with Crippen LogP contribution in [0.25, 0.3) is 0 Å². The summed E-state index contributed by atoms with van der Waals surface area (Å²) >= 11 is 0. The van der Waals surface area contributed by atoms with E-state index < -0.39 is 0 Å². The van der Waals surface area contributed by atoms with Crippen LogP contribution in [-0.2, 0) is 0 Å². The summed E-state index contributed by atoms with van der Waals surface area (Å²) in [6, 6.07) is 3.76. The van der Waals surface area contributed by atoms with Crippen molar-refractivity contribution in [2.24, 2.45) is 5.92 Å². The molecule has 1 aliphatic rings. The smallest absolute Gasteiger partial charge is 0.216 e. The molecule has 132 valence electrons. The number of carbonyl (C=O) groups is 1. The van der Waals surface area contributed by atoms with Crippen molar-refractivity contribution in [3.63, 3.8) is 0 Å². The van der Waals surface area contributed by atoms with Gasteiger partial charge >= 0.3 is 0 Å². The average molecular weight is 340 g/mol. The van der Waals surface area contributed by atoms with Crippen LogP contribution in [0, 0.1) is 5.92 Å². The first-order chi connectivity index (χ1) is 12.0. The minimum absolute atomic E-state index is 0.207. The van der Waals surface area contributed by atoms with Gasteiger partial charge in [-0.25, -0.2) is 9.97 Å². The summed E-state index contributed by atoms with van der Waals surface area (Å²) in [5, 5.41) is 3.54. The van der Waals surface area contributed by atoms with Gasteiger partial charge in [0.15, 0.2) is 0 Å². The van der Waals surface area contributed by atoms with Crippen LogP contribution in [0.15, 0.2) is 30.7 Å². The second-order valence-electron chi connectivity index (χ2n) is 6.75. The van der Waals surface area contributed by atoms with Gasteiger partial charge in [0.25, 0.3) is 0 Å². The van der Waals surface area contributed by atoms with Crippen LogP contribution in [0.2, 0.25) is 0 Å². The lowest BCUT2D eigenvalue weighted by atomic mass is 10.0. The molecular formula is C18H24N6O. The van der Waals surface area contributed by atoms with Crippen molar-refractivity contribution in [1.29, 1.82) is 0 Å². The Labute approximate surface area is 147 Å². The molecule has 1 fully saturated rings. The van der Waals surface area contributed by atoms with E-state index in [0.717, 1.165) is 31.9 Å². The minimum atomic E-state index is -0.256. The zero-order chi connectivity index (χ0) is 17.8. The third kappa shape index (κ3) is 4.11. The average Bonchev–Trinajstić information content (AvgIpc) is 2.61. The van der Waals surface area contributed by atoms with Crippen molar-refractivity contribution >= 4 is 17.4 Å². The van der Waals surface area contributed by atoms with Gasteiger partial charge in [-0.3, -0.25) is 9.78 Å². The van der Waals surface area contributed by atoms with Crippen LogP contribution >= 0.6 is 0 Å². The van der Waals surface area contributed by atoms with Crippen LogP contribution in [0.5, 0.6) is 0 Å². The molecule has 0 amide bonds. The third-order valence-electron chi connectivity index (χ3n) is 4.27. The standard InChI is InChI=1S/C18H24N6O/c1-12(2)8-13-11-24(7-6-21-13)16-10-20-9-15(23-16)17(25)14-4-3-5-22-18(14)19/h3-5,9-10,12-13,21H,6-8,11H2,1-2H3,(H2,19,22)/t13-/m0/s1. The predicted molar refractivity (Wildman–Crippen MR) is 97.6 cm³/mol. The van der Waals surface area contributed by atoms with Crippen molar-refractivity contribution in [2.45, 2.75) is 26.3 Å². The number of nitrogen functional groups attached to an aromatic ring is 1. The van der Waals surface area contributed by atoms with E-state index in [0.29, 0.717) is 17.5 Å². The lowest BCUT2D eigenvalue weighted by Gasteiger charge is -2.35. The quantitative estimate of drug-likeness (QED) is 0.796. The number of hydrogen-bond donors (Lipinski definition) is 2. The molecule has 0 aliphatic carbocycles. The summed E-state index contributed by atoms with van der Waals surface area (Å²) in [5.41, 5.74) is 6.45. The van der Waals surface area contributed by atoms with Crippen molar-refractivity contribution in [3.8, 4) is 0 Å². The third-order valence-corrected chi connectivity index (χ3v) is 4.27. The minimum Gasteiger partial charge on any atom is -0.383 e. The maximum absolute atomic E-state index is 12.7. The maximum Gasteiger partial charge on any atom is 0.216 e. The van der Waals surface area contributed by atoms with Gasteiger partial charge in [-0.15, -0.1) is 0 Å². The van der Waals surface area contributed by atoms with Gasteiger partial charge < -0.3 is 16.0 Å². The highest BCUT2D eigenvalue weighted by atomic mass is 16.1. The molecule has 1 atom stereocenters. The summed E-state index contributed by atoms with van der Waals surface area (Å²) < 4.78 is 0. The SMILES string of the molecule is CC(C)C[C@H]1CN(c2cncc(C(=O)c3cccnc3N)n2)CCN1. The lowest BCUT2D eigenvalue weighted by molar-refractivity contribution is 0.103.